The van der Waals surface area contributed by atoms with Gasteiger partial charge in [-0.15, -0.1) is 0 Å². The fourth-order valence-corrected chi connectivity index (χ4v) is 5.20. The maximum atomic E-state index is 12.3. The van der Waals surface area contributed by atoms with Crippen LogP contribution in [-0.2, 0) is 9.59 Å². The first kappa shape index (κ1) is 33.9. The average Bonchev–Trinajstić information content (AvgIpc) is 2.78. The Morgan fingerprint density at radius 3 is 1.11 bits per heavy atom. The number of aliphatic carboxylic acids is 2. The number of carboxylic acids is 2. The topological polar surface area (TPSA) is 74.6 Å². The number of unbranched alkanes of at least 4 members (excludes halogenated alkanes) is 14. The van der Waals surface area contributed by atoms with Gasteiger partial charge >= 0.3 is 11.9 Å². The minimum absolute atomic E-state index is 0.0426. The van der Waals surface area contributed by atoms with Gasteiger partial charge < -0.3 is 10.2 Å². The van der Waals surface area contributed by atoms with Crippen molar-refractivity contribution in [2.24, 2.45) is 17.3 Å². The van der Waals surface area contributed by atoms with Crippen LogP contribution in [0.4, 0.5) is 0 Å². The molecule has 0 unspecified atom stereocenters. The van der Waals surface area contributed by atoms with Gasteiger partial charge in [0.05, 0.1) is 5.41 Å². The van der Waals surface area contributed by atoms with Gasteiger partial charge in [-0.1, -0.05) is 143 Å². The lowest BCUT2D eigenvalue weighted by Gasteiger charge is -2.29. The number of carboxylic acid groups (broad SMARTS) is 2. The molecular weight excluding hydrogens is 436 g/mol. The van der Waals surface area contributed by atoms with E-state index in [4.69, 9.17) is 0 Å². The summed E-state index contributed by atoms with van der Waals surface area (Å²) in [6.45, 7) is 9.13. The lowest BCUT2D eigenvalue weighted by molar-refractivity contribution is -0.151. The lowest BCUT2D eigenvalue weighted by atomic mass is 9.74. The van der Waals surface area contributed by atoms with E-state index in [1.54, 1.807) is 0 Å². The Kier molecular flexibility index (Phi) is 21.5. The van der Waals surface area contributed by atoms with Crippen LogP contribution in [0.5, 0.6) is 0 Å². The Hall–Kier alpha value is -1.06. The molecule has 208 valence electrons. The Labute approximate surface area is 218 Å². The molecule has 35 heavy (non-hydrogen) atoms. The molecule has 0 radical (unpaired) electrons. The SMILES string of the molecule is CC(C)CCCCCCCCCCC(CCCCCCCCCCC(C)C)(CCC(=O)O)C(=O)O. The van der Waals surface area contributed by atoms with Crippen molar-refractivity contribution in [1.82, 2.24) is 0 Å². The second-order valence-electron chi connectivity index (χ2n) is 12.0. The summed E-state index contributed by atoms with van der Waals surface area (Å²) in [6.07, 6.45) is 23.3. The molecular formula is C31H60O4. The van der Waals surface area contributed by atoms with Crippen molar-refractivity contribution < 1.29 is 19.8 Å². The molecule has 0 spiro atoms. The molecule has 0 bridgehead atoms. The third-order valence-electron chi connectivity index (χ3n) is 7.64. The van der Waals surface area contributed by atoms with Gasteiger partial charge in [-0.2, -0.15) is 0 Å². The second-order valence-corrected chi connectivity index (χ2v) is 12.0. The highest BCUT2D eigenvalue weighted by Crippen LogP contribution is 2.37. The van der Waals surface area contributed by atoms with Crippen LogP contribution in [0.25, 0.3) is 0 Å². The predicted molar refractivity (Wildman–Crippen MR) is 149 cm³/mol. The van der Waals surface area contributed by atoms with Gasteiger partial charge in [0, 0.05) is 6.42 Å². The van der Waals surface area contributed by atoms with E-state index in [0.29, 0.717) is 12.8 Å². The molecule has 0 rings (SSSR count). The van der Waals surface area contributed by atoms with Crippen molar-refractivity contribution in [2.75, 3.05) is 0 Å². The molecule has 0 saturated heterocycles. The van der Waals surface area contributed by atoms with Gasteiger partial charge in [0.2, 0.25) is 0 Å². The Balaban J connectivity index is 4.21. The summed E-state index contributed by atoms with van der Waals surface area (Å²) in [7, 11) is 0. The van der Waals surface area contributed by atoms with Crippen LogP contribution in [-0.4, -0.2) is 22.2 Å². The molecule has 0 saturated carbocycles. The number of rotatable bonds is 26. The Morgan fingerprint density at radius 1 is 0.514 bits per heavy atom. The van der Waals surface area contributed by atoms with Gasteiger partial charge in [0.15, 0.2) is 0 Å². The van der Waals surface area contributed by atoms with Crippen molar-refractivity contribution in [3.63, 3.8) is 0 Å². The van der Waals surface area contributed by atoms with E-state index in [9.17, 15) is 19.8 Å². The lowest BCUT2D eigenvalue weighted by Crippen LogP contribution is -2.32. The zero-order valence-electron chi connectivity index (χ0n) is 23.9. The first-order valence-electron chi connectivity index (χ1n) is 15.1. The first-order chi connectivity index (χ1) is 16.7. The summed E-state index contributed by atoms with van der Waals surface area (Å²) in [5.74, 6) is -0.0651. The van der Waals surface area contributed by atoms with Gasteiger partial charge in [-0.3, -0.25) is 9.59 Å². The van der Waals surface area contributed by atoms with Crippen molar-refractivity contribution in [2.45, 2.75) is 169 Å². The van der Waals surface area contributed by atoms with Crippen molar-refractivity contribution in [3.05, 3.63) is 0 Å². The standard InChI is InChI=1S/C31H60O4/c1-27(2)21-17-13-9-5-7-11-15-19-24-31(30(34)35,26-23-29(32)33)25-20-16-12-8-6-10-14-18-22-28(3)4/h27-28H,5-26H2,1-4H3,(H,32,33)(H,34,35). The largest absolute Gasteiger partial charge is 0.481 e. The van der Waals surface area contributed by atoms with Crippen molar-refractivity contribution in [1.29, 1.82) is 0 Å². The Morgan fingerprint density at radius 2 is 0.829 bits per heavy atom. The van der Waals surface area contributed by atoms with Crippen molar-refractivity contribution >= 4 is 11.9 Å². The van der Waals surface area contributed by atoms with Crippen LogP contribution in [0.2, 0.25) is 0 Å². The minimum atomic E-state index is -0.884. The van der Waals surface area contributed by atoms with Crippen LogP contribution in [0.1, 0.15) is 169 Å². The highest BCUT2D eigenvalue weighted by Gasteiger charge is 2.37. The average molecular weight is 497 g/mol. The fraction of sp³-hybridized carbons (Fsp3) is 0.935. The summed E-state index contributed by atoms with van der Waals surface area (Å²) in [5.41, 5.74) is -0.855. The quantitative estimate of drug-likeness (QED) is 0.117. The molecule has 0 aliphatic carbocycles. The molecule has 0 fully saturated rings. The second kappa shape index (κ2) is 22.2. The van der Waals surface area contributed by atoms with Crippen LogP contribution in [0.15, 0.2) is 0 Å². The smallest absolute Gasteiger partial charge is 0.309 e. The zero-order valence-corrected chi connectivity index (χ0v) is 23.9. The summed E-state index contributed by atoms with van der Waals surface area (Å²) < 4.78 is 0. The molecule has 0 aliphatic heterocycles. The highest BCUT2D eigenvalue weighted by molar-refractivity contribution is 5.76. The van der Waals surface area contributed by atoms with Gasteiger partial charge in [0.25, 0.3) is 0 Å². The van der Waals surface area contributed by atoms with E-state index in [1.165, 1.54) is 77.0 Å². The third-order valence-corrected chi connectivity index (χ3v) is 7.64. The molecule has 0 atom stereocenters. The molecule has 0 heterocycles. The van der Waals surface area contributed by atoms with Crippen LogP contribution in [0, 0.1) is 17.3 Å². The monoisotopic (exact) mass is 496 g/mol. The molecule has 0 aliphatic rings. The summed E-state index contributed by atoms with van der Waals surface area (Å²) >= 11 is 0. The highest BCUT2D eigenvalue weighted by atomic mass is 16.4. The van der Waals surface area contributed by atoms with E-state index in [0.717, 1.165) is 50.4 Å². The maximum Gasteiger partial charge on any atom is 0.309 e. The van der Waals surface area contributed by atoms with E-state index >= 15 is 0 Å². The fourth-order valence-electron chi connectivity index (χ4n) is 5.20. The number of hydrogen-bond acceptors (Lipinski definition) is 2. The van der Waals surface area contributed by atoms with Gasteiger partial charge in [-0.05, 0) is 31.1 Å². The van der Waals surface area contributed by atoms with Crippen LogP contribution < -0.4 is 0 Å². The molecule has 4 heteroatoms. The molecule has 0 aromatic rings. The summed E-state index contributed by atoms with van der Waals surface area (Å²) in [6, 6.07) is 0. The van der Waals surface area contributed by atoms with Crippen molar-refractivity contribution in [3.8, 4) is 0 Å². The minimum Gasteiger partial charge on any atom is -0.481 e. The molecule has 4 nitrogen and oxygen atoms in total. The molecule has 0 aromatic heterocycles. The number of hydrogen-bond donors (Lipinski definition) is 2. The molecule has 0 aromatic carbocycles. The van der Waals surface area contributed by atoms with E-state index < -0.39 is 17.4 Å². The molecule has 0 amide bonds. The normalized spacial score (nSPS) is 12.1. The van der Waals surface area contributed by atoms with E-state index in [1.807, 2.05) is 0 Å². The predicted octanol–water partition coefficient (Wildman–Crippen LogP) is 10.0. The third kappa shape index (κ3) is 20.8. The van der Waals surface area contributed by atoms with E-state index in [2.05, 4.69) is 27.7 Å². The van der Waals surface area contributed by atoms with Gasteiger partial charge in [-0.25, -0.2) is 0 Å². The Bertz CT molecular complexity index is 484. The summed E-state index contributed by atoms with van der Waals surface area (Å²) in [5, 5.41) is 19.3. The zero-order chi connectivity index (χ0) is 26.4. The molecule has 2 N–H and O–H groups in total. The van der Waals surface area contributed by atoms with Gasteiger partial charge in [0.1, 0.15) is 0 Å². The van der Waals surface area contributed by atoms with E-state index in [-0.39, 0.29) is 12.8 Å². The number of carbonyl (C=O) groups is 2. The first-order valence-corrected chi connectivity index (χ1v) is 15.1. The maximum absolute atomic E-state index is 12.3. The van der Waals surface area contributed by atoms with Crippen LogP contribution in [0.3, 0.4) is 0 Å². The van der Waals surface area contributed by atoms with Crippen LogP contribution >= 0.6 is 0 Å². The summed E-state index contributed by atoms with van der Waals surface area (Å²) in [4.78, 5) is 23.5.